The number of halogens is 6. The fraction of sp³-hybridized carbons (Fsp3) is 0.250. The van der Waals surface area contributed by atoms with E-state index >= 15 is 0 Å². The Morgan fingerprint density at radius 2 is 1.57 bits per heavy atom. The second-order valence-corrected chi connectivity index (χ2v) is 9.31. The number of ketones is 1. The van der Waals surface area contributed by atoms with Crippen LogP contribution in [0.25, 0.3) is 10.9 Å². The normalized spacial score (nSPS) is 12.7. The van der Waals surface area contributed by atoms with Gasteiger partial charge in [-0.15, -0.1) is 5.10 Å². The van der Waals surface area contributed by atoms with E-state index in [0.717, 1.165) is 28.9 Å². The van der Waals surface area contributed by atoms with E-state index in [1.807, 2.05) is 0 Å². The Bertz CT molecular complexity index is 1670. The van der Waals surface area contributed by atoms with Gasteiger partial charge in [-0.2, -0.15) is 26.3 Å². The van der Waals surface area contributed by atoms with Gasteiger partial charge in [-0.3, -0.25) is 14.4 Å². The van der Waals surface area contributed by atoms with E-state index in [9.17, 15) is 45.8 Å². The van der Waals surface area contributed by atoms with E-state index in [0.29, 0.717) is 6.07 Å². The summed E-state index contributed by atoms with van der Waals surface area (Å²) in [5.74, 6) is -2.86. The summed E-state index contributed by atoms with van der Waals surface area (Å²) in [6, 6.07) is 12.6. The zero-order valence-corrected chi connectivity index (χ0v) is 21.4. The molecule has 8 nitrogen and oxygen atoms in total. The fourth-order valence-corrected chi connectivity index (χ4v) is 4.07. The number of aryl methyl sites for hydroxylation is 1. The lowest BCUT2D eigenvalue weighted by atomic mass is 9.95. The van der Waals surface area contributed by atoms with Crippen molar-refractivity contribution < 1.29 is 45.8 Å². The van der Waals surface area contributed by atoms with Crippen LogP contribution in [0.1, 0.15) is 39.9 Å². The average Bonchev–Trinajstić information content (AvgIpc) is 2.94. The van der Waals surface area contributed by atoms with Crippen molar-refractivity contribution in [3.05, 3.63) is 99.3 Å². The van der Waals surface area contributed by atoms with Crippen molar-refractivity contribution in [1.82, 2.24) is 15.0 Å². The standard InChI is InChI=1S/C28H21F6N3O5/c29-27(30,31)19-3-1-2-16(12-19)15-42-21-7-4-17(5-8-21)24(38)13-18(26(40)41)10-11-37-25(39)22-14-20(28(32,33)34)6-9-23(22)35-36-37/h1-9,12,14,18H,10-11,13,15H2,(H,40,41). The molecule has 4 rings (SSSR count). The molecule has 0 aliphatic rings. The third kappa shape index (κ3) is 7.30. The first kappa shape index (κ1) is 30.2. The van der Waals surface area contributed by atoms with Crippen molar-refractivity contribution in [1.29, 1.82) is 0 Å². The fourth-order valence-electron chi connectivity index (χ4n) is 4.07. The van der Waals surface area contributed by atoms with Gasteiger partial charge in [0.15, 0.2) is 5.78 Å². The molecule has 1 aromatic heterocycles. The maximum Gasteiger partial charge on any atom is 0.416 e. The van der Waals surface area contributed by atoms with Gasteiger partial charge < -0.3 is 9.84 Å². The minimum absolute atomic E-state index is 0.0588. The van der Waals surface area contributed by atoms with Gasteiger partial charge in [0, 0.05) is 18.5 Å². The molecule has 1 N–H and O–H groups in total. The number of carboxylic acids is 1. The van der Waals surface area contributed by atoms with Crippen molar-refractivity contribution in [3.8, 4) is 5.75 Å². The molecule has 1 unspecified atom stereocenters. The highest BCUT2D eigenvalue weighted by atomic mass is 19.4. The Morgan fingerprint density at radius 3 is 2.21 bits per heavy atom. The summed E-state index contributed by atoms with van der Waals surface area (Å²) in [5.41, 5.74) is -2.38. The summed E-state index contributed by atoms with van der Waals surface area (Å²) < 4.78 is 84.0. The molecule has 42 heavy (non-hydrogen) atoms. The number of rotatable bonds is 10. The number of hydrogen-bond acceptors (Lipinski definition) is 6. The monoisotopic (exact) mass is 593 g/mol. The maximum absolute atomic E-state index is 13.0. The van der Waals surface area contributed by atoms with Crippen molar-refractivity contribution in [2.45, 2.75) is 38.3 Å². The molecule has 0 aliphatic carbocycles. The number of aliphatic carboxylic acids is 1. The second-order valence-electron chi connectivity index (χ2n) is 9.31. The van der Waals surface area contributed by atoms with Crippen LogP contribution >= 0.6 is 0 Å². The third-order valence-electron chi connectivity index (χ3n) is 6.36. The smallest absolute Gasteiger partial charge is 0.416 e. The topological polar surface area (TPSA) is 111 Å². The summed E-state index contributed by atoms with van der Waals surface area (Å²) in [5, 5.41) is 16.7. The SMILES string of the molecule is O=C(CC(CCn1nnc2ccc(C(F)(F)F)cc2c1=O)C(=O)O)c1ccc(OCc2cccc(C(F)(F)F)c2)cc1. The van der Waals surface area contributed by atoms with Crippen LogP contribution in [0.5, 0.6) is 5.75 Å². The first-order chi connectivity index (χ1) is 19.7. The van der Waals surface area contributed by atoms with Crippen molar-refractivity contribution in [2.75, 3.05) is 0 Å². The molecule has 0 saturated carbocycles. The summed E-state index contributed by atoms with van der Waals surface area (Å²) in [4.78, 5) is 37.2. The number of fused-ring (bicyclic) bond motifs is 1. The lowest BCUT2D eigenvalue weighted by Crippen LogP contribution is -2.27. The number of nitrogens with zero attached hydrogens (tertiary/aromatic N) is 3. The van der Waals surface area contributed by atoms with Crippen LogP contribution in [0, 0.1) is 5.92 Å². The van der Waals surface area contributed by atoms with Crippen LogP contribution in [-0.4, -0.2) is 31.9 Å². The number of aromatic nitrogens is 3. The molecule has 0 spiro atoms. The van der Waals surface area contributed by atoms with E-state index in [2.05, 4.69) is 10.3 Å². The number of Topliss-reactive ketones (excluding diaryl/α,β-unsaturated/α-hetero) is 1. The highest BCUT2D eigenvalue weighted by Crippen LogP contribution is 2.31. The van der Waals surface area contributed by atoms with Crippen molar-refractivity contribution in [3.63, 3.8) is 0 Å². The Hall–Kier alpha value is -4.75. The molecule has 0 bridgehead atoms. The Kier molecular flexibility index (Phi) is 8.64. The lowest BCUT2D eigenvalue weighted by Gasteiger charge is -2.13. The number of hydrogen-bond donors (Lipinski definition) is 1. The molecule has 0 amide bonds. The first-order valence-electron chi connectivity index (χ1n) is 12.3. The average molecular weight is 593 g/mol. The van der Waals surface area contributed by atoms with E-state index in [-0.39, 0.29) is 47.4 Å². The van der Waals surface area contributed by atoms with Crippen LogP contribution in [0.15, 0.2) is 71.5 Å². The molecule has 0 fully saturated rings. The second kappa shape index (κ2) is 12.0. The predicted molar refractivity (Wildman–Crippen MR) is 136 cm³/mol. The molecule has 4 aromatic rings. The molecule has 220 valence electrons. The minimum atomic E-state index is -4.68. The van der Waals surface area contributed by atoms with Gasteiger partial charge in [0.05, 0.1) is 22.4 Å². The molecule has 1 heterocycles. The number of benzene rings is 3. The van der Waals surface area contributed by atoms with Gasteiger partial charge in [-0.25, -0.2) is 4.68 Å². The quantitative estimate of drug-likeness (QED) is 0.184. The Balaban J connectivity index is 1.39. The van der Waals surface area contributed by atoms with Gasteiger partial charge in [0.2, 0.25) is 0 Å². The highest BCUT2D eigenvalue weighted by Gasteiger charge is 2.31. The summed E-state index contributed by atoms with van der Waals surface area (Å²) in [7, 11) is 0. The Morgan fingerprint density at radius 1 is 0.905 bits per heavy atom. The highest BCUT2D eigenvalue weighted by molar-refractivity contribution is 5.98. The van der Waals surface area contributed by atoms with Crippen molar-refractivity contribution >= 4 is 22.7 Å². The molecular weight excluding hydrogens is 572 g/mol. The lowest BCUT2D eigenvalue weighted by molar-refractivity contribution is -0.142. The van der Waals surface area contributed by atoms with Gasteiger partial charge >= 0.3 is 18.3 Å². The van der Waals surface area contributed by atoms with Crippen molar-refractivity contribution in [2.24, 2.45) is 5.92 Å². The molecule has 1 atom stereocenters. The third-order valence-corrected chi connectivity index (χ3v) is 6.36. The summed E-state index contributed by atoms with van der Waals surface area (Å²) >= 11 is 0. The Labute approximate surface area is 233 Å². The van der Waals surface area contributed by atoms with Crippen LogP contribution in [0.3, 0.4) is 0 Å². The van der Waals surface area contributed by atoms with Crippen LogP contribution in [0.4, 0.5) is 26.3 Å². The van der Waals surface area contributed by atoms with Gasteiger partial charge in [0.25, 0.3) is 5.56 Å². The molecule has 0 radical (unpaired) electrons. The van der Waals surface area contributed by atoms with Gasteiger partial charge in [-0.05, 0) is 66.6 Å². The number of carbonyl (C=O) groups excluding carboxylic acids is 1. The maximum atomic E-state index is 13.0. The van der Waals surface area contributed by atoms with E-state index in [1.165, 1.54) is 36.4 Å². The van der Waals surface area contributed by atoms with Crippen LogP contribution in [-0.2, 0) is 30.3 Å². The number of carbonyl (C=O) groups is 2. The molecule has 3 aromatic carbocycles. The number of carboxylic acid groups (broad SMARTS) is 1. The van der Waals surface area contributed by atoms with E-state index in [4.69, 9.17) is 4.74 Å². The molecule has 0 aliphatic heterocycles. The van der Waals surface area contributed by atoms with E-state index in [1.54, 1.807) is 0 Å². The first-order valence-corrected chi connectivity index (χ1v) is 12.3. The largest absolute Gasteiger partial charge is 0.489 e. The van der Waals surface area contributed by atoms with Gasteiger partial charge in [-0.1, -0.05) is 17.3 Å². The zero-order valence-electron chi connectivity index (χ0n) is 21.4. The molecule has 14 heteroatoms. The number of ether oxygens (including phenoxy) is 1. The summed E-state index contributed by atoms with van der Waals surface area (Å²) in [6.45, 7) is -0.475. The minimum Gasteiger partial charge on any atom is -0.489 e. The summed E-state index contributed by atoms with van der Waals surface area (Å²) in [6.07, 6.45) is -9.87. The van der Waals surface area contributed by atoms with Crippen LogP contribution < -0.4 is 10.3 Å². The van der Waals surface area contributed by atoms with Crippen LogP contribution in [0.2, 0.25) is 0 Å². The van der Waals surface area contributed by atoms with Gasteiger partial charge in [0.1, 0.15) is 17.9 Å². The molecular formula is C28H21F6N3O5. The van der Waals surface area contributed by atoms with E-state index < -0.39 is 53.1 Å². The number of alkyl halides is 6. The molecule has 0 saturated heterocycles. The predicted octanol–water partition coefficient (Wildman–Crippen LogP) is 5.77. The zero-order chi connectivity index (χ0) is 30.7.